The van der Waals surface area contributed by atoms with Gasteiger partial charge in [-0.2, -0.15) is 0 Å². The van der Waals surface area contributed by atoms with Crippen LogP contribution in [0.3, 0.4) is 0 Å². The predicted octanol–water partition coefficient (Wildman–Crippen LogP) is 6.43. The number of carboxylic acids is 1. The fraction of sp³-hybridized carbons (Fsp3) is 0.433. The van der Waals surface area contributed by atoms with Crippen molar-refractivity contribution in [3.63, 3.8) is 0 Å². The Morgan fingerprint density at radius 2 is 1.42 bits per heavy atom. The number of carbonyl (C=O) groups is 3. The highest BCUT2D eigenvalue weighted by molar-refractivity contribution is 6.24. The van der Waals surface area contributed by atoms with Crippen LogP contribution in [-0.4, -0.2) is 28.9 Å². The van der Waals surface area contributed by atoms with Crippen molar-refractivity contribution in [3.8, 4) is 0 Å². The summed E-state index contributed by atoms with van der Waals surface area (Å²) in [6.07, 6.45) is 12.7. The molecule has 0 unspecified atom stereocenters. The molecule has 0 saturated heterocycles. The minimum Gasteiger partial charge on any atom is -0.481 e. The van der Waals surface area contributed by atoms with Gasteiger partial charge in [0.15, 0.2) is 0 Å². The molecule has 3 rings (SSSR count). The Kier molecular flexibility index (Phi) is 11.2. The Labute approximate surface area is 214 Å². The molecule has 0 atom stereocenters. The second-order valence-corrected chi connectivity index (χ2v) is 9.53. The molecule has 36 heavy (non-hydrogen) atoms. The minimum absolute atomic E-state index is 0.0472. The lowest BCUT2D eigenvalue weighted by molar-refractivity contribution is -0.137. The van der Waals surface area contributed by atoms with E-state index < -0.39 is 5.97 Å². The Morgan fingerprint density at radius 1 is 0.806 bits per heavy atom. The third kappa shape index (κ3) is 9.33. The fourth-order valence-corrected chi connectivity index (χ4v) is 4.62. The molecule has 1 saturated carbocycles. The largest absolute Gasteiger partial charge is 0.481 e. The van der Waals surface area contributed by atoms with Crippen molar-refractivity contribution in [1.29, 1.82) is 0 Å². The Balaban J connectivity index is 1.81. The van der Waals surface area contributed by atoms with Gasteiger partial charge in [0.25, 0.3) is 5.91 Å². The normalized spacial score (nSPS) is 15.6. The van der Waals surface area contributed by atoms with Gasteiger partial charge in [-0.3, -0.25) is 14.4 Å². The molecule has 2 aromatic carbocycles. The zero-order valence-electron chi connectivity index (χ0n) is 21.0. The van der Waals surface area contributed by atoms with Gasteiger partial charge < -0.3 is 15.7 Å². The number of rotatable bonds is 9. The predicted molar refractivity (Wildman–Crippen MR) is 144 cm³/mol. The first kappa shape index (κ1) is 27.2. The molecule has 6 heteroatoms. The third-order valence-electron chi connectivity index (χ3n) is 6.60. The summed E-state index contributed by atoms with van der Waals surface area (Å²) in [6, 6.07) is 17.1. The van der Waals surface area contributed by atoms with Gasteiger partial charge in [-0.15, -0.1) is 0 Å². The second-order valence-electron chi connectivity index (χ2n) is 9.53. The highest BCUT2D eigenvalue weighted by atomic mass is 16.4. The zero-order valence-corrected chi connectivity index (χ0v) is 21.0. The minimum atomic E-state index is -0.917. The summed E-state index contributed by atoms with van der Waals surface area (Å²) >= 11 is 0. The van der Waals surface area contributed by atoms with Crippen LogP contribution in [0.1, 0.15) is 88.2 Å². The molecule has 0 spiro atoms. The van der Waals surface area contributed by atoms with Gasteiger partial charge in [-0.25, -0.2) is 0 Å². The summed E-state index contributed by atoms with van der Waals surface area (Å²) in [5.74, 6) is -1.27. The summed E-state index contributed by atoms with van der Waals surface area (Å²) in [7, 11) is 0. The Morgan fingerprint density at radius 3 is 2.08 bits per heavy atom. The maximum atomic E-state index is 13.6. The van der Waals surface area contributed by atoms with Crippen LogP contribution >= 0.6 is 0 Å². The lowest BCUT2D eigenvalue weighted by Gasteiger charge is -2.21. The van der Waals surface area contributed by atoms with E-state index in [-0.39, 0.29) is 37.1 Å². The van der Waals surface area contributed by atoms with E-state index in [0.717, 1.165) is 36.8 Å². The molecule has 1 fully saturated rings. The van der Waals surface area contributed by atoms with E-state index in [4.69, 9.17) is 5.11 Å². The molecule has 0 bridgehead atoms. The van der Waals surface area contributed by atoms with E-state index in [1.165, 1.54) is 32.1 Å². The number of carboxylic acid groups (broad SMARTS) is 1. The number of hydrogen-bond acceptors (Lipinski definition) is 3. The van der Waals surface area contributed by atoms with Gasteiger partial charge in [0, 0.05) is 30.1 Å². The SMILES string of the molecule is O=C(O)CCCC(=O)Nc1ccccc1/C=C(/C(=O)NC1CCCCCCCCC1)c1ccccc1. The van der Waals surface area contributed by atoms with Gasteiger partial charge in [-0.05, 0) is 42.5 Å². The highest BCUT2D eigenvalue weighted by Crippen LogP contribution is 2.25. The van der Waals surface area contributed by atoms with Gasteiger partial charge in [0.1, 0.15) is 0 Å². The molecular weight excluding hydrogens is 452 g/mol. The van der Waals surface area contributed by atoms with Crippen molar-refractivity contribution in [2.75, 3.05) is 5.32 Å². The van der Waals surface area contributed by atoms with Gasteiger partial charge in [0.2, 0.25) is 5.91 Å². The van der Waals surface area contributed by atoms with E-state index in [0.29, 0.717) is 11.3 Å². The lowest BCUT2D eigenvalue weighted by Crippen LogP contribution is -2.35. The van der Waals surface area contributed by atoms with Crippen LogP contribution in [0.4, 0.5) is 5.69 Å². The van der Waals surface area contributed by atoms with E-state index in [9.17, 15) is 14.4 Å². The van der Waals surface area contributed by atoms with Crippen molar-refractivity contribution in [3.05, 3.63) is 65.7 Å². The smallest absolute Gasteiger partial charge is 0.303 e. The first-order chi connectivity index (χ1) is 17.5. The molecule has 2 aromatic rings. The number of nitrogens with one attached hydrogen (secondary N) is 2. The quantitative estimate of drug-likeness (QED) is 0.279. The maximum Gasteiger partial charge on any atom is 0.303 e. The Bertz CT molecular complexity index is 1020. The molecule has 0 heterocycles. The first-order valence-electron chi connectivity index (χ1n) is 13.2. The molecule has 0 radical (unpaired) electrons. The van der Waals surface area contributed by atoms with E-state index >= 15 is 0 Å². The summed E-state index contributed by atoms with van der Waals surface area (Å²) < 4.78 is 0. The van der Waals surface area contributed by atoms with Crippen molar-refractivity contribution in [2.24, 2.45) is 0 Å². The lowest BCUT2D eigenvalue weighted by atomic mass is 9.96. The average molecular weight is 491 g/mol. The molecule has 1 aliphatic rings. The van der Waals surface area contributed by atoms with Crippen molar-refractivity contribution >= 4 is 35.1 Å². The number of hydrogen-bond donors (Lipinski definition) is 3. The second kappa shape index (κ2) is 14.9. The van der Waals surface area contributed by atoms with Crippen molar-refractivity contribution in [1.82, 2.24) is 5.32 Å². The molecule has 1 aliphatic carbocycles. The van der Waals surface area contributed by atoms with Crippen LogP contribution in [0.5, 0.6) is 0 Å². The van der Waals surface area contributed by atoms with Crippen LogP contribution in [0.15, 0.2) is 54.6 Å². The standard InChI is InChI=1S/C30H38N2O4/c33-28(20-13-21-29(34)35)32-27-19-12-11-16-24(27)22-26(23-14-7-6-8-15-23)30(36)31-25-17-9-4-2-1-3-5-10-18-25/h6-8,11-12,14-16,19,22,25H,1-5,9-10,13,17-18,20-21H2,(H,31,36)(H,32,33)(H,34,35)/b26-22+. The van der Waals surface area contributed by atoms with Crippen LogP contribution in [0.25, 0.3) is 11.6 Å². The molecule has 0 aliphatic heterocycles. The first-order valence-corrected chi connectivity index (χ1v) is 13.2. The highest BCUT2D eigenvalue weighted by Gasteiger charge is 2.18. The number of para-hydroxylation sites is 1. The van der Waals surface area contributed by atoms with Gasteiger partial charge in [-0.1, -0.05) is 93.5 Å². The molecule has 192 valence electrons. The van der Waals surface area contributed by atoms with E-state index in [2.05, 4.69) is 10.6 Å². The summed E-state index contributed by atoms with van der Waals surface area (Å²) in [5.41, 5.74) is 2.69. The topological polar surface area (TPSA) is 95.5 Å². The summed E-state index contributed by atoms with van der Waals surface area (Å²) in [6.45, 7) is 0. The fourth-order valence-electron chi connectivity index (χ4n) is 4.62. The summed E-state index contributed by atoms with van der Waals surface area (Å²) in [4.78, 5) is 36.7. The third-order valence-corrected chi connectivity index (χ3v) is 6.60. The van der Waals surface area contributed by atoms with Gasteiger partial charge >= 0.3 is 5.97 Å². The van der Waals surface area contributed by atoms with E-state index in [1.807, 2.05) is 54.6 Å². The van der Waals surface area contributed by atoms with Crippen molar-refractivity contribution in [2.45, 2.75) is 83.1 Å². The molecule has 0 aromatic heterocycles. The van der Waals surface area contributed by atoms with Crippen LogP contribution in [0, 0.1) is 0 Å². The number of amides is 2. The Hall–Kier alpha value is -3.41. The molecular formula is C30H38N2O4. The van der Waals surface area contributed by atoms with Crippen LogP contribution in [-0.2, 0) is 14.4 Å². The summed E-state index contributed by atoms with van der Waals surface area (Å²) in [5, 5.41) is 15.0. The van der Waals surface area contributed by atoms with E-state index in [1.54, 1.807) is 6.07 Å². The number of benzene rings is 2. The molecule has 2 amide bonds. The van der Waals surface area contributed by atoms with Crippen LogP contribution < -0.4 is 10.6 Å². The number of carbonyl (C=O) groups excluding carboxylic acids is 2. The van der Waals surface area contributed by atoms with Crippen LogP contribution in [0.2, 0.25) is 0 Å². The average Bonchev–Trinajstić information content (AvgIpc) is 2.87. The monoisotopic (exact) mass is 490 g/mol. The maximum absolute atomic E-state index is 13.6. The molecule has 3 N–H and O–H groups in total. The number of anilines is 1. The van der Waals surface area contributed by atoms with Crippen molar-refractivity contribution < 1.29 is 19.5 Å². The zero-order chi connectivity index (χ0) is 25.6. The molecule has 6 nitrogen and oxygen atoms in total. The van der Waals surface area contributed by atoms with Gasteiger partial charge in [0.05, 0.1) is 0 Å². The number of aliphatic carboxylic acids is 1.